The van der Waals surface area contributed by atoms with Gasteiger partial charge in [0.25, 0.3) is 5.89 Å². The van der Waals surface area contributed by atoms with Crippen molar-refractivity contribution in [2.75, 3.05) is 32.1 Å². The minimum absolute atomic E-state index is 0.0609. The number of anilines is 1. The van der Waals surface area contributed by atoms with Crippen molar-refractivity contribution in [3.8, 4) is 17.2 Å². The molecule has 2 heterocycles. The fourth-order valence-electron chi connectivity index (χ4n) is 3.66. The summed E-state index contributed by atoms with van der Waals surface area (Å²) in [6.07, 6.45) is 1.37. The molecule has 31 heavy (non-hydrogen) atoms. The summed E-state index contributed by atoms with van der Waals surface area (Å²) in [5, 5.41) is 4.17. The van der Waals surface area contributed by atoms with E-state index in [1.165, 1.54) is 0 Å². The number of carbonyl (C=O) groups excluding carboxylic acids is 1. The molecule has 1 saturated heterocycles. The van der Waals surface area contributed by atoms with Gasteiger partial charge in [-0.2, -0.15) is 4.98 Å². The lowest BCUT2D eigenvalue weighted by Crippen LogP contribution is -2.24. The van der Waals surface area contributed by atoms with Gasteiger partial charge >= 0.3 is 0 Å². The molecule has 1 aromatic heterocycles. The Kier molecular flexibility index (Phi) is 6.21. The fourth-order valence-corrected chi connectivity index (χ4v) is 3.66. The number of nitrogens with zero attached hydrogens (tertiary/aromatic N) is 4. The second kappa shape index (κ2) is 9.20. The molecule has 1 fully saturated rings. The quantitative estimate of drug-likeness (QED) is 0.546. The van der Waals surface area contributed by atoms with Gasteiger partial charge in [0, 0.05) is 50.8 Å². The van der Waals surface area contributed by atoms with Crippen molar-refractivity contribution >= 4 is 11.6 Å². The normalized spacial score (nSPS) is 16.0. The molecular weight excluding hydrogens is 392 g/mol. The predicted octanol–water partition coefficient (Wildman–Crippen LogP) is 4.11. The van der Waals surface area contributed by atoms with E-state index < -0.39 is 0 Å². The van der Waals surface area contributed by atoms with Gasteiger partial charge in [0.15, 0.2) is 5.82 Å². The minimum atomic E-state index is -0.0609. The van der Waals surface area contributed by atoms with Gasteiger partial charge in [-0.05, 0) is 42.3 Å². The first-order valence-corrected chi connectivity index (χ1v) is 10.6. The monoisotopic (exact) mass is 420 g/mol. The maximum atomic E-state index is 12.6. The highest BCUT2D eigenvalue weighted by Gasteiger charge is 2.33. The first kappa shape index (κ1) is 20.9. The molecule has 7 heteroatoms. The van der Waals surface area contributed by atoms with E-state index in [4.69, 9.17) is 9.26 Å². The average Bonchev–Trinajstić information content (AvgIpc) is 3.41. The molecule has 1 unspecified atom stereocenters. The molecule has 3 aromatic rings. The number of rotatable bonds is 8. The van der Waals surface area contributed by atoms with E-state index in [-0.39, 0.29) is 11.8 Å². The highest BCUT2D eigenvalue weighted by Crippen LogP contribution is 2.30. The van der Waals surface area contributed by atoms with Crippen molar-refractivity contribution in [2.45, 2.75) is 32.2 Å². The van der Waals surface area contributed by atoms with Crippen molar-refractivity contribution < 1.29 is 14.1 Å². The maximum absolute atomic E-state index is 12.6. The van der Waals surface area contributed by atoms with E-state index in [1.807, 2.05) is 72.4 Å². The Morgan fingerprint density at radius 3 is 2.74 bits per heavy atom. The number of benzene rings is 2. The zero-order valence-corrected chi connectivity index (χ0v) is 18.2. The van der Waals surface area contributed by atoms with Crippen LogP contribution in [-0.2, 0) is 11.3 Å². The number of hydrogen-bond donors (Lipinski definition) is 0. The van der Waals surface area contributed by atoms with Crippen molar-refractivity contribution in [3.63, 3.8) is 0 Å². The van der Waals surface area contributed by atoms with Crippen molar-refractivity contribution in [2.24, 2.45) is 0 Å². The highest BCUT2D eigenvalue weighted by atomic mass is 16.5. The van der Waals surface area contributed by atoms with Crippen LogP contribution in [0.15, 0.2) is 53.1 Å². The Labute approximate surface area is 182 Å². The largest absolute Gasteiger partial charge is 0.494 e. The van der Waals surface area contributed by atoms with Crippen LogP contribution in [0.1, 0.15) is 37.1 Å². The van der Waals surface area contributed by atoms with Crippen molar-refractivity contribution in [1.29, 1.82) is 0 Å². The number of carbonyl (C=O) groups is 1. The molecule has 0 radical (unpaired) electrons. The Morgan fingerprint density at radius 2 is 2.00 bits per heavy atom. The van der Waals surface area contributed by atoms with Crippen LogP contribution in [0.25, 0.3) is 11.5 Å². The third-order valence-corrected chi connectivity index (χ3v) is 5.40. The van der Waals surface area contributed by atoms with Crippen LogP contribution >= 0.6 is 0 Å². The van der Waals surface area contributed by atoms with E-state index in [1.54, 1.807) is 0 Å². The molecule has 0 bridgehead atoms. The number of hydrogen-bond acceptors (Lipinski definition) is 6. The Morgan fingerprint density at radius 1 is 1.19 bits per heavy atom. The SMILES string of the molecule is CCCOc1ccc(CN2CC(c3noc(-c4cccc(N(C)C)c4)n3)CC2=O)cc1. The Hall–Kier alpha value is -3.35. The van der Waals surface area contributed by atoms with Crippen molar-refractivity contribution in [3.05, 3.63) is 59.9 Å². The first-order chi connectivity index (χ1) is 15.0. The number of amides is 1. The Bertz CT molecular complexity index is 1030. The lowest BCUT2D eigenvalue weighted by molar-refractivity contribution is -0.128. The highest BCUT2D eigenvalue weighted by molar-refractivity contribution is 5.79. The topological polar surface area (TPSA) is 71.7 Å². The summed E-state index contributed by atoms with van der Waals surface area (Å²) in [7, 11) is 3.98. The number of ether oxygens (including phenoxy) is 1. The lowest BCUT2D eigenvalue weighted by atomic mass is 10.1. The first-order valence-electron chi connectivity index (χ1n) is 10.6. The summed E-state index contributed by atoms with van der Waals surface area (Å²) < 4.78 is 11.1. The van der Waals surface area contributed by atoms with Gasteiger partial charge < -0.3 is 19.1 Å². The predicted molar refractivity (Wildman–Crippen MR) is 119 cm³/mol. The molecule has 1 aliphatic rings. The summed E-state index contributed by atoms with van der Waals surface area (Å²) in [4.78, 5) is 21.0. The van der Waals surface area contributed by atoms with Gasteiger partial charge in [-0.1, -0.05) is 30.3 Å². The summed E-state index contributed by atoms with van der Waals surface area (Å²) in [6.45, 7) is 3.94. The summed E-state index contributed by atoms with van der Waals surface area (Å²) in [6, 6.07) is 15.9. The average molecular weight is 421 g/mol. The van der Waals surface area contributed by atoms with Crippen molar-refractivity contribution in [1.82, 2.24) is 15.0 Å². The van der Waals surface area contributed by atoms with Crippen LogP contribution in [0.3, 0.4) is 0 Å². The summed E-state index contributed by atoms with van der Waals surface area (Å²) in [5.41, 5.74) is 3.01. The minimum Gasteiger partial charge on any atom is -0.494 e. The molecule has 1 aliphatic heterocycles. The van der Waals surface area contributed by atoms with Crippen LogP contribution in [0, 0.1) is 0 Å². The van der Waals surface area contributed by atoms with Crippen LogP contribution in [0.4, 0.5) is 5.69 Å². The molecule has 0 saturated carbocycles. The van der Waals surface area contributed by atoms with Gasteiger partial charge in [-0.15, -0.1) is 0 Å². The molecule has 1 amide bonds. The molecule has 0 aliphatic carbocycles. The molecular formula is C24H28N4O3. The van der Waals surface area contributed by atoms with Gasteiger partial charge in [-0.25, -0.2) is 0 Å². The Balaban J connectivity index is 1.41. The second-order valence-electron chi connectivity index (χ2n) is 8.07. The smallest absolute Gasteiger partial charge is 0.258 e. The molecule has 0 N–H and O–H groups in total. The third kappa shape index (κ3) is 4.87. The van der Waals surface area contributed by atoms with E-state index in [9.17, 15) is 4.79 Å². The second-order valence-corrected chi connectivity index (χ2v) is 8.07. The maximum Gasteiger partial charge on any atom is 0.258 e. The van der Waals surface area contributed by atoms with E-state index in [2.05, 4.69) is 17.1 Å². The number of likely N-dealkylation sites (tertiary alicyclic amines) is 1. The van der Waals surface area contributed by atoms with Crippen LogP contribution < -0.4 is 9.64 Å². The van der Waals surface area contributed by atoms with E-state index in [0.717, 1.165) is 29.0 Å². The summed E-state index contributed by atoms with van der Waals surface area (Å²) in [5.74, 6) is 1.97. The van der Waals surface area contributed by atoms with Crippen LogP contribution in [0.2, 0.25) is 0 Å². The molecule has 0 spiro atoms. The standard InChI is InChI=1S/C24H28N4O3/c1-4-12-30-21-10-8-17(9-11-21)15-28-16-19(14-22(28)29)23-25-24(31-26-23)18-6-5-7-20(13-18)27(2)3/h5-11,13,19H,4,12,14-16H2,1-3H3. The molecule has 1 atom stereocenters. The number of aromatic nitrogens is 2. The molecule has 4 rings (SSSR count). The molecule has 2 aromatic carbocycles. The van der Waals surface area contributed by atoms with Crippen LogP contribution in [-0.4, -0.2) is 48.2 Å². The van der Waals surface area contributed by atoms with Gasteiger partial charge in [0.05, 0.1) is 6.61 Å². The zero-order valence-electron chi connectivity index (χ0n) is 18.2. The van der Waals surface area contributed by atoms with Gasteiger partial charge in [0.2, 0.25) is 5.91 Å². The van der Waals surface area contributed by atoms with E-state index in [0.29, 0.717) is 37.8 Å². The zero-order chi connectivity index (χ0) is 21.8. The lowest BCUT2D eigenvalue weighted by Gasteiger charge is -2.16. The fraction of sp³-hybridized carbons (Fsp3) is 0.375. The van der Waals surface area contributed by atoms with E-state index >= 15 is 0 Å². The third-order valence-electron chi connectivity index (χ3n) is 5.40. The van der Waals surface area contributed by atoms with Crippen LogP contribution in [0.5, 0.6) is 5.75 Å². The van der Waals surface area contributed by atoms with Gasteiger partial charge in [-0.3, -0.25) is 4.79 Å². The molecule has 162 valence electrons. The summed E-state index contributed by atoms with van der Waals surface area (Å²) >= 11 is 0. The molecule has 7 nitrogen and oxygen atoms in total. The van der Waals surface area contributed by atoms with Gasteiger partial charge in [0.1, 0.15) is 5.75 Å².